The maximum absolute atomic E-state index is 10.9. The minimum Gasteiger partial charge on any atom is -0.504 e. The average molecular weight is 381 g/mol. The second kappa shape index (κ2) is 7.10. The number of phenols is 1. The van der Waals surface area contributed by atoms with E-state index in [4.69, 9.17) is 9.47 Å². The van der Waals surface area contributed by atoms with Crippen LogP contribution in [-0.2, 0) is 0 Å². The predicted molar refractivity (Wildman–Crippen MR) is 89.3 cm³/mol. The van der Waals surface area contributed by atoms with Gasteiger partial charge in [0.05, 0.1) is 35.4 Å². The lowest BCUT2D eigenvalue weighted by atomic mass is 10.1. The quantitative estimate of drug-likeness (QED) is 0.483. The van der Waals surface area contributed by atoms with Gasteiger partial charge < -0.3 is 14.6 Å². The molecule has 0 aliphatic heterocycles. The SMILES string of the molecule is COc1ccc(N=Cc2cc([N+](=O)[O-])cc(OC)c2O)cc1Br. The minimum atomic E-state index is -0.566. The Hall–Kier alpha value is -2.61. The molecule has 0 saturated carbocycles. The number of halogens is 1. The topological polar surface area (TPSA) is 94.2 Å². The molecule has 0 spiro atoms. The summed E-state index contributed by atoms with van der Waals surface area (Å²) < 4.78 is 10.8. The Balaban J connectivity index is 2.40. The molecule has 8 heteroatoms. The number of aliphatic imine (C=N–C) groups is 1. The standard InChI is InChI=1S/C15H13BrN2O5/c1-22-13-4-3-10(6-12(13)16)17-8-9-5-11(18(20)21)7-14(23-2)15(9)19/h3-8,19H,1-2H3. The summed E-state index contributed by atoms with van der Waals surface area (Å²) in [4.78, 5) is 14.6. The zero-order valence-corrected chi connectivity index (χ0v) is 13.9. The molecule has 0 aromatic heterocycles. The van der Waals surface area contributed by atoms with Crippen LogP contribution in [0.3, 0.4) is 0 Å². The largest absolute Gasteiger partial charge is 0.504 e. The van der Waals surface area contributed by atoms with Crippen molar-refractivity contribution in [3.63, 3.8) is 0 Å². The number of benzene rings is 2. The van der Waals surface area contributed by atoms with E-state index < -0.39 is 4.92 Å². The van der Waals surface area contributed by atoms with Crippen LogP contribution < -0.4 is 9.47 Å². The van der Waals surface area contributed by atoms with Gasteiger partial charge in [-0.2, -0.15) is 0 Å². The molecule has 0 unspecified atom stereocenters. The third-order valence-corrected chi connectivity index (χ3v) is 3.63. The lowest BCUT2D eigenvalue weighted by Crippen LogP contribution is -1.94. The van der Waals surface area contributed by atoms with Crippen LogP contribution in [0.4, 0.5) is 11.4 Å². The number of hydrogen-bond donors (Lipinski definition) is 1. The summed E-state index contributed by atoms with van der Waals surface area (Å²) in [7, 11) is 2.87. The van der Waals surface area contributed by atoms with Crippen LogP contribution in [0.1, 0.15) is 5.56 Å². The molecule has 0 aliphatic carbocycles. The fourth-order valence-electron chi connectivity index (χ4n) is 1.85. The van der Waals surface area contributed by atoms with E-state index in [0.717, 1.165) is 10.5 Å². The highest BCUT2D eigenvalue weighted by atomic mass is 79.9. The van der Waals surface area contributed by atoms with Gasteiger partial charge >= 0.3 is 0 Å². The van der Waals surface area contributed by atoms with E-state index in [1.165, 1.54) is 19.4 Å². The van der Waals surface area contributed by atoms with Crippen LogP contribution in [0.2, 0.25) is 0 Å². The van der Waals surface area contributed by atoms with Crippen LogP contribution in [-0.4, -0.2) is 30.5 Å². The lowest BCUT2D eigenvalue weighted by Gasteiger charge is -2.06. The normalized spacial score (nSPS) is 10.7. The smallest absolute Gasteiger partial charge is 0.274 e. The Morgan fingerprint density at radius 1 is 1.22 bits per heavy atom. The number of nitrogens with zero attached hydrogens (tertiary/aromatic N) is 2. The molecule has 0 fully saturated rings. The summed E-state index contributed by atoms with van der Waals surface area (Å²) in [5, 5.41) is 21.0. The molecular weight excluding hydrogens is 368 g/mol. The number of ether oxygens (including phenoxy) is 2. The second-order valence-electron chi connectivity index (χ2n) is 4.42. The monoisotopic (exact) mass is 380 g/mol. The first kappa shape index (κ1) is 16.8. The zero-order chi connectivity index (χ0) is 17.0. The highest BCUT2D eigenvalue weighted by Gasteiger charge is 2.15. The molecule has 0 heterocycles. The number of non-ortho nitro benzene ring substituents is 1. The number of rotatable bonds is 5. The molecule has 0 radical (unpaired) electrons. The van der Waals surface area contributed by atoms with Crippen molar-refractivity contribution in [3.05, 3.63) is 50.5 Å². The van der Waals surface area contributed by atoms with Gasteiger partial charge in [-0.05, 0) is 34.1 Å². The van der Waals surface area contributed by atoms with Crippen molar-refractivity contribution in [2.45, 2.75) is 0 Å². The van der Waals surface area contributed by atoms with Crippen molar-refractivity contribution < 1.29 is 19.5 Å². The zero-order valence-electron chi connectivity index (χ0n) is 12.3. The summed E-state index contributed by atoms with van der Waals surface area (Å²) in [6.07, 6.45) is 1.33. The molecule has 1 N–H and O–H groups in total. The van der Waals surface area contributed by atoms with Crippen molar-refractivity contribution in [3.8, 4) is 17.2 Å². The number of phenolic OH excluding ortho intramolecular Hbond substituents is 1. The fourth-order valence-corrected chi connectivity index (χ4v) is 2.38. The molecule has 2 aromatic rings. The summed E-state index contributed by atoms with van der Waals surface area (Å²) >= 11 is 3.34. The first-order valence-corrected chi connectivity index (χ1v) is 7.18. The molecule has 0 amide bonds. The Bertz CT molecular complexity index is 777. The molecule has 0 saturated heterocycles. The number of methoxy groups -OCH3 is 2. The summed E-state index contributed by atoms with van der Waals surface area (Å²) in [6.45, 7) is 0. The van der Waals surface area contributed by atoms with Crippen molar-refractivity contribution in [1.29, 1.82) is 0 Å². The van der Waals surface area contributed by atoms with Crippen molar-refractivity contribution >= 4 is 33.5 Å². The fraction of sp³-hybridized carbons (Fsp3) is 0.133. The van der Waals surface area contributed by atoms with Gasteiger partial charge in [0.1, 0.15) is 5.75 Å². The van der Waals surface area contributed by atoms with Crippen LogP contribution in [0.25, 0.3) is 0 Å². The molecule has 0 bridgehead atoms. The predicted octanol–water partition coefficient (Wildman–Crippen LogP) is 3.83. The maximum Gasteiger partial charge on any atom is 0.274 e. The molecular formula is C15H13BrN2O5. The van der Waals surface area contributed by atoms with Crippen LogP contribution in [0.5, 0.6) is 17.2 Å². The molecule has 120 valence electrons. The van der Waals surface area contributed by atoms with E-state index in [9.17, 15) is 15.2 Å². The van der Waals surface area contributed by atoms with Gasteiger partial charge in [0.15, 0.2) is 11.5 Å². The van der Waals surface area contributed by atoms with E-state index in [1.54, 1.807) is 25.3 Å². The molecule has 0 atom stereocenters. The van der Waals surface area contributed by atoms with Gasteiger partial charge in [-0.15, -0.1) is 0 Å². The molecule has 0 aliphatic rings. The van der Waals surface area contributed by atoms with E-state index in [0.29, 0.717) is 11.4 Å². The van der Waals surface area contributed by atoms with E-state index in [2.05, 4.69) is 20.9 Å². The van der Waals surface area contributed by atoms with Gasteiger partial charge in [0.2, 0.25) is 0 Å². The molecule has 2 rings (SSSR count). The highest BCUT2D eigenvalue weighted by Crippen LogP contribution is 2.34. The number of nitro benzene ring substituents is 1. The number of aromatic hydroxyl groups is 1. The van der Waals surface area contributed by atoms with Gasteiger partial charge in [0.25, 0.3) is 5.69 Å². The van der Waals surface area contributed by atoms with Gasteiger partial charge in [0, 0.05) is 17.8 Å². The molecule has 23 heavy (non-hydrogen) atoms. The third-order valence-electron chi connectivity index (χ3n) is 3.01. The first-order valence-electron chi connectivity index (χ1n) is 6.39. The number of nitro groups is 1. The Kier molecular flexibility index (Phi) is 5.17. The van der Waals surface area contributed by atoms with E-state index in [1.807, 2.05) is 0 Å². The maximum atomic E-state index is 10.9. The van der Waals surface area contributed by atoms with Crippen molar-refractivity contribution in [2.75, 3.05) is 14.2 Å². The van der Waals surface area contributed by atoms with Crippen molar-refractivity contribution in [2.24, 2.45) is 4.99 Å². The van der Waals surface area contributed by atoms with Crippen LogP contribution in [0.15, 0.2) is 39.8 Å². The highest BCUT2D eigenvalue weighted by molar-refractivity contribution is 9.10. The second-order valence-corrected chi connectivity index (χ2v) is 5.27. The first-order chi connectivity index (χ1) is 11.0. The van der Waals surface area contributed by atoms with Gasteiger partial charge in [-0.3, -0.25) is 15.1 Å². The van der Waals surface area contributed by atoms with Crippen LogP contribution >= 0.6 is 15.9 Å². The Morgan fingerprint density at radius 3 is 2.48 bits per heavy atom. The summed E-state index contributed by atoms with van der Waals surface area (Å²) in [5.41, 5.74) is 0.572. The number of hydrogen-bond acceptors (Lipinski definition) is 6. The Morgan fingerprint density at radius 2 is 1.91 bits per heavy atom. The molecule has 7 nitrogen and oxygen atoms in total. The summed E-state index contributed by atoms with van der Waals surface area (Å²) in [6, 6.07) is 7.54. The summed E-state index contributed by atoms with van der Waals surface area (Å²) in [5.74, 6) is 0.454. The van der Waals surface area contributed by atoms with E-state index >= 15 is 0 Å². The average Bonchev–Trinajstić information content (AvgIpc) is 2.53. The lowest BCUT2D eigenvalue weighted by molar-refractivity contribution is -0.385. The molecule has 2 aromatic carbocycles. The van der Waals surface area contributed by atoms with Gasteiger partial charge in [-0.1, -0.05) is 0 Å². The van der Waals surface area contributed by atoms with Gasteiger partial charge in [-0.25, -0.2) is 0 Å². The Labute approximate surface area is 140 Å². The van der Waals surface area contributed by atoms with Crippen molar-refractivity contribution in [1.82, 2.24) is 0 Å². The third kappa shape index (κ3) is 3.78. The van der Waals surface area contributed by atoms with Crippen LogP contribution in [0, 0.1) is 10.1 Å². The van der Waals surface area contributed by atoms with E-state index in [-0.39, 0.29) is 22.7 Å². The minimum absolute atomic E-state index is 0.0107.